The molecule has 2 amide bonds. The van der Waals surface area contributed by atoms with Gasteiger partial charge in [-0.15, -0.1) is 5.10 Å². The van der Waals surface area contributed by atoms with E-state index in [1.807, 2.05) is 48.1 Å². The van der Waals surface area contributed by atoms with Gasteiger partial charge in [0.15, 0.2) is 0 Å². The van der Waals surface area contributed by atoms with Gasteiger partial charge in [0.05, 0.1) is 25.0 Å². The molecule has 2 N–H and O–H groups in total. The molecule has 0 saturated carbocycles. The van der Waals surface area contributed by atoms with Crippen LogP contribution in [0.15, 0.2) is 48.2 Å². The van der Waals surface area contributed by atoms with E-state index in [1.54, 1.807) is 20.1 Å². The van der Waals surface area contributed by atoms with Gasteiger partial charge in [0.2, 0.25) is 5.91 Å². The summed E-state index contributed by atoms with van der Waals surface area (Å²) in [6.45, 7) is 7.63. The second kappa shape index (κ2) is 13.5. The highest BCUT2D eigenvalue weighted by Crippen LogP contribution is 2.30. The predicted octanol–water partition coefficient (Wildman–Crippen LogP) is 2.98. The molecule has 222 valence electrons. The number of nitrogens with one attached hydrogen (secondary N) is 2. The van der Waals surface area contributed by atoms with Gasteiger partial charge in [-0.2, -0.15) is 0 Å². The zero-order valence-electron chi connectivity index (χ0n) is 24.4. The molecule has 1 atom stereocenters. The average molecular weight is 575 g/mol. The van der Waals surface area contributed by atoms with Crippen molar-refractivity contribution in [3.05, 3.63) is 70.6 Å². The largest absolute Gasteiger partial charge is 0.497 e. The van der Waals surface area contributed by atoms with Gasteiger partial charge in [0.25, 0.3) is 5.91 Å². The zero-order chi connectivity index (χ0) is 29.5. The minimum absolute atomic E-state index is 0.237. The first-order valence-corrected chi connectivity index (χ1v) is 14.3. The number of methoxy groups -OCH3 is 1. The molecule has 2 aliphatic heterocycles. The maximum absolute atomic E-state index is 13.0. The van der Waals surface area contributed by atoms with Gasteiger partial charge in [0, 0.05) is 50.9 Å². The summed E-state index contributed by atoms with van der Waals surface area (Å²) in [6, 6.07) is 10.5. The Labute approximate surface area is 245 Å². The summed E-state index contributed by atoms with van der Waals surface area (Å²) >= 11 is 0. The van der Waals surface area contributed by atoms with Crippen LogP contribution < -0.4 is 24.8 Å². The fraction of sp³-hybridized carbons (Fsp3) is 0.419. The van der Waals surface area contributed by atoms with Crippen molar-refractivity contribution in [2.45, 2.75) is 45.8 Å². The Morgan fingerprint density at radius 1 is 1.07 bits per heavy atom. The third-order valence-corrected chi connectivity index (χ3v) is 7.25. The fourth-order valence-electron chi connectivity index (χ4n) is 5.02. The van der Waals surface area contributed by atoms with Gasteiger partial charge >= 0.3 is 0 Å². The molecular formula is C31H38N6O5. The van der Waals surface area contributed by atoms with Crippen molar-refractivity contribution >= 4 is 17.9 Å². The smallest absolute Gasteiger partial charge is 0.255 e. The fourth-order valence-corrected chi connectivity index (χ4v) is 5.02. The summed E-state index contributed by atoms with van der Waals surface area (Å²) in [4.78, 5) is 28.1. The third kappa shape index (κ3) is 7.47. The van der Waals surface area contributed by atoms with Crippen LogP contribution in [0.2, 0.25) is 0 Å². The first kappa shape index (κ1) is 29.1. The molecule has 3 aromatic rings. The summed E-state index contributed by atoms with van der Waals surface area (Å²) < 4.78 is 19.2. The van der Waals surface area contributed by atoms with Crippen molar-refractivity contribution in [2.24, 2.45) is 0 Å². The Bertz CT molecular complexity index is 1450. The molecule has 0 aliphatic carbocycles. The molecule has 0 fully saturated rings. The maximum atomic E-state index is 13.0. The molecule has 0 unspecified atom stereocenters. The number of ether oxygens (including phenoxy) is 3. The molecule has 0 spiro atoms. The van der Waals surface area contributed by atoms with Crippen LogP contribution in [-0.2, 0) is 17.9 Å². The van der Waals surface area contributed by atoms with Crippen molar-refractivity contribution in [1.29, 1.82) is 0 Å². The van der Waals surface area contributed by atoms with Crippen LogP contribution in [0.4, 0.5) is 0 Å². The highest BCUT2D eigenvalue weighted by molar-refractivity contribution is 5.99. The SMILES string of the molecule is COc1ccc2c(c1)C=C(CN1CCCNC(=O)[C@@H](C)NC(=O)c3ccc(C)cc3OCCCn3cc(nn3)C1)CO2. The van der Waals surface area contributed by atoms with Crippen LogP contribution in [0.5, 0.6) is 17.2 Å². The number of aromatic nitrogens is 3. The summed E-state index contributed by atoms with van der Waals surface area (Å²) in [7, 11) is 1.65. The molecule has 3 heterocycles. The number of benzene rings is 2. The normalized spacial score (nSPS) is 18.8. The van der Waals surface area contributed by atoms with E-state index in [-0.39, 0.29) is 11.8 Å². The van der Waals surface area contributed by atoms with Gasteiger partial charge in [-0.25, -0.2) is 0 Å². The quantitative estimate of drug-likeness (QED) is 0.490. The lowest BCUT2D eigenvalue weighted by Crippen LogP contribution is -2.45. The molecule has 0 radical (unpaired) electrons. The first-order chi connectivity index (χ1) is 20.4. The third-order valence-electron chi connectivity index (χ3n) is 7.25. The van der Waals surface area contributed by atoms with Crippen LogP contribution >= 0.6 is 0 Å². The molecule has 11 nitrogen and oxygen atoms in total. The highest BCUT2D eigenvalue weighted by Gasteiger charge is 2.21. The number of carbonyl (C=O) groups is 2. The average Bonchev–Trinajstić information content (AvgIpc) is 3.43. The minimum atomic E-state index is -0.694. The number of carbonyl (C=O) groups excluding carboxylic acids is 2. The van der Waals surface area contributed by atoms with Gasteiger partial charge in [0.1, 0.15) is 29.9 Å². The van der Waals surface area contributed by atoms with E-state index in [9.17, 15) is 9.59 Å². The second-order valence-electron chi connectivity index (χ2n) is 10.7. The van der Waals surface area contributed by atoms with Gasteiger partial charge in [-0.3, -0.25) is 19.2 Å². The number of rotatable bonds is 3. The number of amides is 2. The minimum Gasteiger partial charge on any atom is -0.497 e. The molecule has 11 heteroatoms. The Kier molecular flexibility index (Phi) is 9.38. The monoisotopic (exact) mass is 574 g/mol. The standard InChI is InChI=1S/C31H38N6O5/c1-21-6-8-27-29(14-21)41-13-5-12-37-19-25(34-35-37)18-36(11-4-10-32-30(38)22(2)33-31(27)39)17-23-15-24-16-26(40-3)7-9-28(24)42-20-23/h6-9,14-16,19,22H,4-5,10-13,17-18,20H2,1-3H3,(H,32,38)(H,33,39)/t22-/m1/s1. The molecule has 2 aromatic carbocycles. The lowest BCUT2D eigenvalue weighted by molar-refractivity contribution is -0.122. The van der Waals surface area contributed by atoms with Crippen molar-refractivity contribution in [1.82, 2.24) is 30.5 Å². The Balaban J connectivity index is 1.30. The highest BCUT2D eigenvalue weighted by atomic mass is 16.5. The van der Waals surface area contributed by atoms with E-state index in [4.69, 9.17) is 14.2 Å². The first-order valence-electron chi connectivity index (χ1n) is 14.3. The zero-order valence-corrected chi connectivity index (χ0v) is 24.4. The van der Waals surface area contributed by atoms with E-state index >= 15 is 0 Å². The number of aryl methyl sites for hydroxylation is 2. The van der Waals surface area contributed by atoms with E-state index < -0.39 is 6.04 Å². The van der Waals surface area contributed by atoms with E-state index in [0.717, 1.165) is 46.9 Å². The molecule has 1 aromatic heterocycles. The van der Waals surface area contributed by atoms with Crippen molar-refractivity contribution in [3.63, 3.8) is 0 Å². The van der Waals surface area contributed by atoms with Crippen LogP contribution in [0.1, 0.15) is 46.9 Å². The number of fused-ring (bicyclic) bond motifs is 4. The van der Waals surface area contributed by atoms with Gasteiger partial charge < -0.3 is 24.8 Å². The second-order valence-corrected chi connectivity index (χ2v) is 10.7. The maximum Gasteiger partial charge on any atom is 0.255 e. The van der Waals surface area contributed by atoms with E-state index in [0.29, 0.717) is 57.1 Å². The molecule has 5 rings (SSSR count). The van der Waals surface area contributed by atoms with Crippen LogP contribution in [0.25, 0.3) is 6.08 Å². The predicted molar refractivity (Wildman–Crippen MR) is 158 cm³/mol. The molecular weight excluding hydrogens is 536 g/mol. The lowest BCUT2D eigenvalue weighted by atomic mass is 10.1. The topological polar surface area (TPSA) is 120 Å². The van der Waals surface area contributed by atoms with Crippen LogP contribution in [-0.4, -0.2) is 77.7 Å². The van der Waals surface area contributed by atoms with Crippen LogP contribution in [0.3, 0.4) is 0 Å². The van der Waals surface area contributed by atoms with Gasteiger partial charge in [-0.05, 0) is 67.8 Å². The van der Waals surface area contributed by atoms with Crippen molar-refractivity contribution in [2.75, 3.05) is 40.0 Å². The van der Waals surface area contributed by atoms with Gasteiger partial charge in [-0.1, -0.05) is 11.3 Å². The van der Waals surface area contributed by atoms with E-state index in [1.165, 1.54) is 0 Å². The Morgan fingerprint density at radius 3 is 2.81 bits per heavy atom. The molecule has 2 bridgehead atoms. The van der Waals surface area contributed by atoms with Crippen molar-refractivity contribution in [3.8, 4) is 17.2 Å². The summed E-state index contributed by atoms with van der Waals surface area (Å²) in [5, 5.41) is 14.5. The number of nitrogens with zero attached hydrogens (tertiary/aromatic N) is 4. The number of hydrogen-bond donors (Lipinski definition) is 2. The summed E-state index contributed by atoms with van der Waals surface area (Å²) in [5.41, 5.74) is 4.37. The lowest BCUT2D eigenvalue weighted by Gasteiger charge is -2.25. The summed E-state index contributed by atoms with van der Waals surface area (Å²) in [5.74, 6) is 1.53. The number of hydrogen-bond acceptors (Lipinski definition) is 8. The van der Waals surface area contributed by atoms with Crippen LogP contribution in [0, 0.1) is 6.92 Å². The molecule has 2 aliphatic rings. The Morgan fingerprint density at radius 2 is 1.95 bits per heavy atom. The molecule has 42 heavy (non-hydrogen) atoms. The summed E-state index contributed by atoms with van der Waals surface area (Å²) in [6.07, 6.45) is 5.52. The van der Waals surface area contributed by atoms with E-state index in [2.05, 4.69) is 31.9 Å². The van der Waals surface area contributed by atoms with Crippen molar-refractivity contribution < 1.29 is 23.8 Å². The molecule has 0 saturated heterocycles. The Hall–Kier alpha value is -4.38.